The summed E-state index contributed by atoms with van der Waals surface area (Å²) in [6.07, 6.45) is 0. The van der Waals surface area contributed by atoms with Crippen LogP contribution in [0.1, 0.15) is 25.0 Å². The molecule has 0 amide bonds. The first-order valence-corrected chi connectivity index (χ1v) is 19.0. The average Bonchev–Trinajstić information content (AvgIpc) is 3.69. The van der Waals surface area contributed by atoms with Gasteiger partial charge in [0.2, 0.25) is 0 Å². The molecule has 0 saturated heterocycles. The maximum atomic E-state index is 2.51. The van der Waals surface area contributed by atoms with E-state index in [0.29, 0.717) is 0 Å². The molecule has 1 aliphatic rings. The molecule has 11 rings (SSSR count). The lowest BCUT2D eigenvalue weighted by molar-refractivity contribution is 0.661. The van der Waals surface area contributed by atoms with Crippen LogP contribution in [0.2, 0.25) is 0 Å². The van der Waals surface area contributed by atoms with Crippen molar-refractivity contribution in [3.8, 4) is 44.5 Å². The average molecular weight is 679 g/mol. The fourth-order valence-electron chi connectivity index (χ4n) is 9.20. The van der Waals surface area contributed by atoms with Gasteiger partial charge in [-0.05, 0) is 100 Å². The Bertz CT molecular complexity index is 3010. The second kappa shape index (κ2) is 11.0. The van der Waals surface area contributed by atoms with Crippen molar-refractivity contribution in [3.63, 3.8) is 0 Å². The van der Waals surface area contributed by atoms with E-state index < -0.39 is 0 Å². The van der Waals surface area contributed by atoms with Gasteiger partial charge < -0.3 is 0 Å². The molecule has 52 heavy (non-hydrogen) atoms. The minimum Gasteiger partial charge on any atom is -0.135 e. The highest BCUT2D eigenvalue weighted by Crippen LogP contribution is 2.56. The van der Waals surface area contributed by atoms with Gasteiger partial charge in [0.15, 0.2) is 0 Å². The molecule has 1 heterocycles. The Morgan fingerprint density at radius 2 is 0.923 bits per heavy atom. The van der Waals surface area contributed by atoms with Gasteiger partial charge in [0.25, 0.3) is 0 Å². The Hall–Kier alpha value is -6.02. The van der Waals surface area contributed by atoms with Gasteiger partial charge >= 0.3 is 0 Å². The highest BCUT2D eigenvalue weighted by Gasteiger charge is 2.37. The largest absolute Gasteiger partial charge is 0.135 e. The lowest BCUT2D eigenvalue weighted by Gasteiger charge is -2.22. The summed E-state index contributed by atoms with van der Waals surface area (Å²) in [5.74, 6) is 0. The fourth-order valence-corrected chi connectivity index (χ4v) is 10.4. The molecule has 0 N–H and O–H groups in total. The van der Waals surface area contributed by atoms with Crippen molar-refractivity contribution < 1.29 is 0 Å². The van der Waals surface area contributed by atoms with Gasteiger partial charge in [-0.3, -0.25) is 0 Å². The summed E-state index contributed by atoms with van der Waals surface area (Å²) in [7, 11) is 0. The van der Waals surface area contributed by atoms with E-state index in [1.807, 2.05) is 11.3 Å². The van der Waals surface area contributed by atoms with Crippen LogP contribution in [0.4, 0.5) is 0 Å². The van der Waals surface area contributed by atoms with Crippen LogP contribution < -0.4 is 0 Å². The van der Waals surface area contributed by atoms with Crippen molar-refractivity contribution in [1.29, 1.82) is 0 Å². The number of benzene rings is 9. The van der Waals surface area contributed by atoms with E-state index in [1.165, 1.54) is 108 Å². The van der Waals surface area contributed by atoms with Gasteiger partial charge in [0.1, 0.15) is 0 Å². The summed E-state index contributed by atoms with van der Waals surface area (Å²) >= 11 is 1.94. The molecule has 0 unspecified atom stereocenters. The van der Waals surface area contributed by atoms with Gasteiger partial charge in [0.05, 0.1) is 0 Å². The van der Waals surface area contributed by atoms with Gasteiger partial charge in [-0.1, -0.05) is 172 Å². The molecule has 0 aliphatic heterocycles. The zero-order chi connectivity index (χ0) is 34.6. The number of thiophene rings is 1. The number of hydrogen-bond acceptors (Lipinski definition) is 1. The van der Waals surface area contributed by atoms with Gasteiger partial charge in [-0.2, -0.15) is 0 Å². The molecular formula is C51H34S. The second-order valence-electron chi connectivity index (χ2n) is 14.8. The molecule has 0 nitrogen and oxygen atoms in total. The van der Waals surface area contributed by atoms with Crippen LogP contribution in [0.3, 0.4) is 0 Å². The van der Waals surface area contributed by atoms with Crippen molar-refractivity contribution in [3.05, 3.63) is 181 Å². The number of fused-ring (bicyclic) bond motifs is 11. The topological polar surface area (TPSA) is 0 Å². The minimum atomic E-state index is -0.0948. The molecule has 9 aromatic carbocycles. The maximum absolute atomic E-state index is 2.51. The van der Waals surface area contributed by atoms with Crippen LogP contribution in [0.5, 0.6) is 0 Å². The lowest BCUT2D eigenvalue weighted by Crippen LogP contribution is -2.14. The van der Waals surface area contributed by atoms with Crippen LogP contribution in [0.25, 0.3) is 97.0 Å². The minimum absolute atomic E-state index is 0.0948. The van der Waals surface area contributed by atoms with Crippen molar-refractivity contribution in [2.45, 2.75) is 19.3 Å². The van der Waals surface area contributed by atoms with Crippen LogP contribution in [0.15, 0.2) is 170 Å². The summed E-state index contributed by atoms with van der Waals surface area (Å²) in [5.41, 5.74) is 13.1. The fraction of sp³-hybridized carbons (Fsp3) is 0.0588. The Balaban J connectivity index is 1.16. The molecule has 0 atom stereocenters. The van der Waals surface area contributed by atoms with E-state index in [4.69, 9.17) is 0 Å². The van der Waals surface area contributed by atoms with E-state index in [1.54, 1.807) is 0 Å². The van der Waals surface area contributed by atoms with E-state index in [9.17, 15) is 0 Å². The molecule has 1 heteroatoms. The molecule has 0 bridgehead atoms. The first-order chi connectivity index (χ1) is 25.6. The normalized spacial score (nSPS) is 13.3. The van der Waals surface area contributed by atoms with E-state index in [0.717, 1.165) is 0 Å². The van der Waals surface area contributed by atoms with Crippen LogP contribution in [0, 0.1) is 0 Å². The van der Waals surface area contributed by atoms with Crippen LogP contribution >= 0.6 is 11.3 Å². The van der Waals surface area contributed by atoms with E-state index >= 15 is 0 Å². The van der Waals surface area contributed by atoms with E-state index in [-0.39, 0.29) is 5.41 Å². The molecule has 0 radical (unpaired) electrons. The second-order valence-corrected chi connectivity index (χ2v) is 15.8. The van der Waals surface area contributed by atoms with Crippen molar-refractivity contribution >= 4 is 63.8 Å². The smallest absolute Gasteiger partial charge is 0.0434 e. The van der Waals surface area contributed by atoms with Crippen LogP contribution in [-0.2, 0) is 5.41 Å². The highest BCUT2D eigenvalue weighted by atomic mass is 32.1. The Kier molecular flexibility index (Phi) is 6.27. The number of hydrogen-bond donors (Lipinski definition) is 0. The Labute approximate surface area is 307 Å². The number of rotatable bonds is 3. The van der Waals surface area contributed by atoms with Crippen LogP contribution in [-0.4, -0.2) is 0 Å². The molecule has 10 aromatic rings. The summed E-state index contributed by atoms with van der Waals surface area (Å²) < 4.78 is 2.74. The maximum Gasteiger partial charge on any atom is 0.0434 e. The summed E-state index contributed by atoms with van der Waals surface area (Å²) in [5, 5.41) is 10.5. The first-order valence-electron chi connectivity index (χ1n) is 18.2. The van der Waals surface area contributed by atoms with Gasteiger partial charge in [-0.25, -0.2) is 0 Å². The summed E-state index contributed by atoms with van der Waals surface area (Å²) in [6.45, 7) is 4.80. The van der Waals surface area contributed by atoms with Crippen molar-refractivity contribution in [2.75, 3.05) is 0 Å². The Morgan fingerprint density at radius 3 is 1.62 bits per heavy atom. The molecule has 1 aromatic heterocycles. The third-order valence-electron chi connectivity index (χ3n) is 11.7. The van der Waals surface area contributed by atoms with E-state index in [2.05, 4.69) is 184 Å². The zero-order valence-corrected chi connectivity index (χ0v) is 29.9. The molecule has 1 aliphatic carbocycles. The van der Waals surface area contributed by atoms with Crippen molar-refractivity contribution in [1.82, 2.24) is 0 Å². The SMILES string of the molecule is CC1(C)c2ccc(-c3c4ccccc4c(-c4ccc(-c5ccccc5)cc4)c4ccccc34)cc2-c2c1ccc1sc3c4ccccc4ccc3c21. The molecule has 0 saturated carbocycles. The summed E-state index contributed by atoms with van der Waals surface area (Å²) in [6, 6.07) is 63.3. The highest BCUT2D eigenvalue weighted by molar-refractivity contribution is 7.26. The Morgan fingerprint density at radius 1 is 0.385 bits per heavy atom. The predicted molar refractivity (Wildman–Crippen MR) is 226 cm³/mol. The standard InChI is InChI=1S/C51H34S/c1-51(2)43-27-25-35(30-42(43)48-44(51)28-29-45-49(48)41-26-24-33-14-6-7-15-36(33)50(41)52-45)47-39-18-10-8-16-37(39)46(38-17-9-11-19-40(38)47)34-22-20-32(21-23-34)31-12-4-3-5-13-31/h3-30H,1-2H3. The first kappa shape index (κ1) is 29.7. The molecule has 0 spiro atoms. The van der Waals surface area contributed by atoms with Crippen molar-refractivity contribution in [2.24, 2.45) is 0 Å². The van der Waals surface area contributed by atoms with Gasteiger partial charge in [-0.15, -0.1) is 11.3 Å². The molecule has 244 valence electrons. The zero-order valence-electron chi connectivity index (χ0n) is 29.1. The molecular weight excluding hydrogens is 645 g/mol. The predicted octanol–water partition coefficient (Wildman–Crippen LogP) is 14.8. The monoisotopic (exact) mass is 678 g/mol. The molecule has 0 fully saturated rings. The summed E-state index contributed by atoms with van der Waals surface area (Å²) in [4.78, 5) is 0. The third kappa shape index (κ3) is 4.15. The third-order valence-corrected chi connectivity index (χ3v) is 12.9. The quantitative estimate of drug-likeness (QED) is 0.163. The van der Waals surface area contributed by atoms with Gasteiger partial charge in [0, 0.05) is 25.6 Å². The lowest BCUT2D eigenvalue weighted by atomic mass is 9.81.